The molecule has 2 aromatic heterocycles. The van der Waals surface area contributed by atoms with Gasteiger partial charge in [-0.1, -0.05) is 44.2 Å². The summed E-state index contributed by atoms with van der Waals surface area (Å²) in [5.74, 6) is 0.0931. The lowest BCUT2D eigenvalue weighted by molar-refractivity contribution is 0.0989. The number of carbonyl (C=O) groups excluding carboxylic acids is 1. The van der Waals surface area contributed by atoms with Crippen LogP contribution in [0.2, 0.25) is 0 Å². The van der Waals surface area contributed by atoms with Crippen molar-refractivity contribution in [3.8, 4) is 0 Å². The Labute approximate surface area is 196 Å². The van der Waals surface area contributed by atoms with E-state index in [4.69, 9.17) is 5.73 Å². The van der Waals surface area contributed by atoms with E-state index in [1.54, 1.807) is 0 Å². The van der Waals surface area contributed by atoms with E-state index < -0.39 is 11.2 Å². The maximum Gasteiger partial charge on any atom is 0.330 e. The first-order valence-electron chi connectivity index (χ1n) is 11.4. The van der Waals surface area contributed by atoms with E-state index in [1.165, 1.54) is 31.2 Å². The van der Waals surface area contributed by atoms with Crippen LogP contribution in [-0.4, -0.2) is 22.0 Å². The standard InChI is InChI=1S/C25H30N4O3S/c1-16(2)12-13-28(24(31)20-14-18-10-6-7-11-19(18)33-20)21-22(26)29(25(32)27-23(21)30)15-17-8-4-3-5-9-17/h3-5,8-9,14,16H,6-7,10-13,15,26H2,1-2H3,(H,27,30,32). The van der Waals surface area contributed by atoms with Crippen LogP contribution in [0.4, 0.5) is 11.5 Å². The first kappa shape index (κ1) is 23.0. The number of aromatic amines is 1. The number of carbonyl (C=O) groups is 1. The fourth-order valence-corrected chi connectivity index (χ4v) is 5.40. The zero-order valence-electron chi connectivity index (χ0n) is 19.1. The normalized spacial score (nSPS) is 13.2. The third kappa shape index (κ3) is 4.95. The lowest BCUT2D eigenvalue weighted by Crippen LogP contribution is -2.41. The fourth-order valence-electron chi connectivity index (χ4n) is 4.19. The molecule has 174 valence electrons. The van der Waals surface area contributed by atoms with Gasteiger partial charge in [0.1, 0.15) is 5.82 Å². The monoisotopic (exact) mass is 466 g/mol. The van der Waals surface area contributed by atoms with Gasteiger partial charge in [0, 0.05) is 11.4 Å². The zero-order chi connectivity index (χ0) is 23.5. The van der Waals surface area contributed by atoms with E-state index in [2.05, 4.69) is 18.8 Å². The maximum atomic E-state index is 13.7. The van der Waals surface area contributed by atoms with Crippen molar-refractivity contribution >= 4 is 28.7 Å². The van der Waals surface area contributed by atoms with Crippen molar-refractivity contribution in [1.29, 1.82) is 0 Å². The van der Waals surface area contributed by atoms with Crippen molar-refractivity contribution in [2.24, 2.45) is 5.92 Å². The van der Waals surface area contributed by atoms with Crippen molar-refractivity contribution in [2.45, 2.75) is 52.5 Å². The number of anilines is 2. The molecule has 1 aliphatic carbocycles. The third-order valence-corrected chi connectivity index (χ3v) is 7.28. The number of fused-ring (bicyclic) bond motifs is 1. The van der Waals surface area contributed by atoms with Gasteiger partial charge in [-0.15, -0.1) is 11.3 Å². The van der Waals surface area contributed by atoms with Crippen LogP contribution in [0.1, 0.15) is 58.8 Å². The molecule has 0 unspecified atom stereocenters. The number of nitrogens with zero attached hydrogens (tertiary/aromatic N) is 2. The Kier molecular flexibility index (Phi) is 6.83. The van der Waals surface area contributed by atoms with Gasteiger partial charge in [-0.2, -0.15) is 0 Å². The number of benzene rings is 1. The van der Waals surface area contributed by atoms with E-state index in [-0.39, 0.29) is 24.0 Å². The number of nitrogen functional groups attached to an aromatic ring is 1. The molecular formula is C25H30N4O3S. The quantitative estimate of drug-likeness (QED) is 0.553. The average molecular weight is 467 g/mol. The van der Waals surface area contributed by atoms with E-state index >= 15 is 0 Å². The minimum atomic E-state index is -0.639. The van der Waals surface area contributed by atoms with Crippen molar-refractivity contribution in [2.75, 3.05) is 17.2 Å². The van der Waals surface area contributed by atoms with Gasteiger partial charge in [-0.05, 0) is 55.2 Å². The highest BCUT2D eigenvalue weighted by molar-refractivity contribution is 7.14. The van der Waals surface area contributed by atoms with Gasteiger partial charge in [0.2, 0.25) is 0 Å². The van der Waals surface area contributed by atoms with E-state index in [0.29, 0.717) is 23.8 Å². The van der Waals surface area contributed by atoms with Gasteiger partial charge >= 0.3 is 5.69 Å². The smallest absolute Gasteiger partial charge is 0.330 e. The molecule has 3 aromatic rings. The SMILES string of the molecule is CC(C)CCN(C(=O)c1cc2c(s1)CCCC2)c1c(N)n(Cc2ccccc2)c(=O)[nH]c1=O. The molecule has 3 N–H and O–H groups in total. The summed E-state index contributed by atoms with van der Waals surface area (Å²) in [5, 5.41) is 0. The summed E-state index contributed by atoms with van der Waals surface area (Å²) in [5.41, 5.74) is 7.32. The number of hydrogen-bond acceptors (Lipinski definition) is 5. The van der Waals surface area contributed by atoms with Crippen LogP contribution < -0.4 is 21.9 Å². The predicted octanol–water partition coefficient (Wildman–Crippen LogP) is 3.80. The summed E-state index contributed by atoms with van der Waals surface area (Å²) in [6.45, 7) is 4.68. The molecule has 2 heterocycles. The summed E-state index contributed by atoms with van der Waals surface area (Å²) >= 11 is 1.51. The van der Waals surface area contributed by atoms with E-state index in [0.717, 1.165) is 31.2 Å². The molecule has 0 bridgehead atoms. The summed E-state index contributed by atoms with van der Waals surface area (Å²) in [6, 6.07) is 11.4. The number of rotatable bonds is 7. The summed E-state index contributed by atoms with van der Waals surface area (Å²) in [6.07, 6.45) is 4.94. The topological polar surface area (TPSA) is 101 Å². The van der Waals surface area contributed by atoms with Gasteiger partial charge in [0.05, 0.1) is 11.4 Å². The molecule has 0 radical (unpaired) electrons. The molecule has 1 amide bonds. The highest BCUT2D eigenvalue weighted by Crippen LogP contribution is 2.31. The highest BCUT2D eigenvalue weighted by Gasteiger charge is 2.28. The minimum absolute atomic E-state index is 0.00558. The van der Waals surface area contributed by atoms with Crippen molar-refractivity contribution < 1.29 is 4.79 Å². The minimum Gasteiger partial charge on any atom is -0.383 e. The van der Waals surface area contributed by atoms with Crippen LogP contribution in [0.15, 0.2) is 46.0 Å². The Morgan fingerprint density at radius 2 is 1.91 bits per heavy atom. The van der Waals surface area contributed by atoms with Gasteiger partial charge in [0.15, 0.2) is 5.69 Å². The first-order chi connectivity index (χ1) is 15.8. The summed E-state index contributed by atoms with van der Waals surface area (Å²) < 4.78 is 1.32. The van der Waals surface area contributed by atoms with Crippen LogP contribution in [0.25, 0.3) is 0 Å². The second-order valence-electron chi connectivity index (χ2n) is 8.97. The number of H-pyrrole nitrogens is 1. The number of amides is 1. The highest BCUT2D eigenvalue weighted by atomic mass is 32.1. The third-order valence-electron chi connectivity index (χ3n) is 6.05. The Balaban J connectivity index is 1.77. The van der Waals surface area contributed by atoms with Crippen LogP contribution in [0, 0.1) is 5.92 Å². The molecule has 7 nitrogen and oxygen atoms in total. The number of aryl methyl sites for hydroxylation is 2. The van der Waals surface area contributed by atoms with Crippen LogP contribution in [0.3, 0.4) is 0 Å². The molecule has 0 spiro atoms. The Hall–Kier alpha value is -3.13. The van der Waals surface area contributed by atoms with Gasteiger partial charge < -0.3 is 5.73 Å². The van der Waals surface area contributed by atoms with Crippen LogP contribution in [-0.2, 0) is 19.4 Å². The van der Waals surface area contributed by atoms with E-state index in [9.17, 15) is 14.4 Å². The van der Waals surface area contributed by atoms with Crippen molar-refractivity contribution in [3.05, 3.63) is 78.1 Å². The van der Waals surface area contributed by atoms with Gasteiger partial charge in [-0.3, -0.25) is 24.0 Å². The molecule has 0 saturated heterocycles. The maximum absolute atomic E-state index is 13.7. The largest absolute Gasteiger partial charge is 0.383 e. The predicted molar refractivity (Wildman–Crippen MR) is 133 cm³/mol. The number of aromatic nitrogens is 2. The van der Waals surface area contributed by atoms with Gasteiger partial charge in [-0.25, -0.2) is 4.79 Å². The molecule has 8 heteroatoms. The first-order valence-corrected chi connectivity index (χ1v) is 12.3. The molecule has 0 aliphatic heterocycles. The molecule has 1 aromatic carbocycles. The second kappa shape index (κ2) is 9.79. The fraction of sp³-hybridized carbons (Fsp3) is 0.400. The summed E-state index contributed by atoms with van der Waals surface area (Å²) in [7, 11) is 0. The number of hydrogen-bond donors (Lipinski definition) is 2. The number of thiophene rings is 1. The van der Waals surface area contributed by atoms with Crippen LogP contribution in [0.5, 0.6) is 0 Å². The van der Waals surface area contributed by atoms with Gasteiger partial charge in [0.25, 0.3) is 11.5 Å². The molecule has 4 rings (SSSR count). The van der Waals surface area contributed by atoms with Crippen LogP contribution >= 0.6 is 11.3 Å². The number of nitrogens with one attached hydrogen (secondary N) is 1. The molecular weight excluding hydrogens is 436 g/mol. The lowest BCUT2D eigenvalue weighted by Gasteiger charge is -2.25. The Morgan fingerprint density at radius 3 is 2.61 bits per heavy atom. The average Bonchev–Trinajstić information content (AvgIpc) is 3.23. The van der Waals surface area contributed by atoms with Crippen molar-refractivity contribution in [3.63, 3.8) is 0 Å². The lowest BCUT2D eigenvalue weighted by atomic mass is 9.99. The van der Waals surface area contributed by atoms with Crippen molar-refractivity contribution in [1.82, 2.24) is 9.55 Å². The molecule has 1 aliphatic rings. The number of nitrogens with two attached hydrogens (primary N) is 1. The Bertz CT molecular complexity index is 1230. The molecule has 0 atom stereocenters. The molecule has 33 heavy (non-hydrogen) atoms. The molecule has 0 fully saturated rings. The summed E-state index contributed by atoms with van der Waals surface area (Å²) in [4.78, 5) is 44.9. The zero-order valence-corrected chi connectivity index (χ0v) is 19.9. The second-order valence-corrected chi connectivity index (χ2v) is 10.1. The van der Waals surface area contributed by atoms with E-state index in [1.807, 2.05) is 36.4 Å². The molecule has 0 saturated carbocycles. The Morgan fingerprint density at radius 1 is 1.18 bits per heavy atom.